The van der Waals surface area contributed by atoms with Gasteiger partial charge in [-0.1, -0.05) is 24.3 Å². The van der Waals surface area contributed by atoms with Gasteiger partial charge in [-0.05, 0) is 29.8 Å². The zero-order chi connectivity index (χ0) is 19.8. The van der Waals surface area contributed by atoms with Crippen LogP contribution in [0.1, 0.15) is 22.3 Å². The van der Waals surface area contributed by atoms with Crippen LogP contribution in [0.3, 0.4) is 0 Å². The van der Waals surface area contributed by atoms with Gasteiger partial charge in [-0.15, -0.1) is 0 Å². The Hall–Kier alpha value is -2.94. The minimum absolute atomic E-state index is 0.00352. The number of hydrogen-bond acceptors (Lipinski definition) is 4. The molecule has 0 aromatic heterocycles. The summed E-state index contributed by atoms with van der Waals surface area (Å²) < 4.78 is 58.9. The Morgan fingerprint density at radius 1 is 1.19 bits per heavy atom. The molecule has 2 aromatic carbocycles. The van der Waals surface area contributed by atoms with Gasteiger partial charge in [0.05, 0.1) is 24.8 Å². The highest BCUT2D eigenvalue weighted by atomic mass is 19.4. The number of rotatable bonds is 3. The third-order valence-corrected chi connectivity index (χ3v) is 4.15. The highest BCUT2D eigenvalue weighted by molar-refractivity contribution is 6.06. The molecule has 3 rings (SSSR count). The number of para-hydroxylation sites is 1. The summed E-state index contributed by atoms with van der Waals surface area (Å²) in [6.07, 6.45) is -6.15. The van der Waals surface area contributed by atoms with Gasteiger partial charge in [-0.2, -0.15) is 23.3 Å². The number of halogens is 4. The van der Waals surface area contributed by atoms with Crippen LogP contribution in [0.15, 0.2) is 53.6 Å². The van der Waals surface area contributed by atoms with Gasteiger partial charge in [-0.25, -0.2) is 4.39 Å². The Balaban J connectivity index is 2.08. The first-order chi connectivity index (χ1) is 12.7. The van der Waals surface area contributed by atoms with E-state index >= 15 is 0 Å². The first-order valence-electron chi connectivity index (χ1n) is 7.77. The maximum absolute atomic E-state index is 13.6. The molecule has 2 aromatic rings. The molecule has 1 atom stereocenters. The fourth-order valence-electron chi connectivity index (χ4n) is 2.72. The fourth-order valence-corrected chi connectivity index (χ4v) is 2.72. The van der Waals surface area contributed by atoms with E-state index in [2.05, 4.69) is 5.10 Å². The molecule has 27 heavy (non-hydrogen) atoms. The van der Waals surface area contributed by atoms with Gasteiger partial charge < -0.3 is 9.84 Å². The Morgan fingerprint density at radius 3 is 2.41 bits per heavy atom. The Labute approximate surface area is 151 Å². The SMILES string of the molecule is COc1ccccc1C(=O)N1N=C(c2ccc(F)cc2)C[C@]1(O)C(F)(F)F. The van der Waals surface area contributed by atoms with Crippen LogP contribution in [0, 0.1) is 5.82 Å². The number of methoxy groups -OCH3 is 1. The summed E-state index contributed by atoms with van der Waals surface area (Å²) in [6.45, 7) is 0. The lowest BCUT2D eigenvalue weighted by molar-refractivity contribution is -0.297. The Kier molecular flexibility index (Phi) is 4.64. The van der Waals surface area contributed by atoms with Crippen LogP contribution in [-0.4, -0.2) is 40.7 Å². The monoisotopic (exact) mass is 382 g/mol. The average Bonchev–Trinajstić information content (AvgIpc) is 3.00. The second kappa shape index (κ2) is 6.66. The summed E-state index contributed by atoms with van der Waals surface area (Å²) in [5.41, 5.74) is -3.76. The minimum atomic E-state index is -5.17. The van der Waals surface area contributed by atoms with Gasteiger partial charge in [0.25, 0.3) is 11.6 Å². The molecule has 1 aliphatic rings. The third kappa shape index (κ3) is 3.25. The lowest BCUT2D eigenvalue weighted by atomic mass is 10.0. The predicted octanol–water partition coefficient (Wildman–Crippen LogP) is 3.34. The van der Waals surface area contributed by atoms with E-state index in [4.69, 9.17) is 4.74 Å². The number of alkyl halides is 3. The van der Waals surface area contributed by atoms with Crippen molar-refractivity contribution in [2.45, 2.75) is 18.3 Å². The van der Waals surface area contributed by atoms with Gasteiger partial charge in [0.2, 0.25) is 0 Å². The number of carbonyl (C=O) groups is 1. The standard InChI is InChI=1S/C18H14F4N2O3/c1-27-15-5-3-2-4-13(15)16(25)24-17(26,18(20,21)22)10-14(23-24)11-6-8-12(19)9-7-11/h2-9,26H,10H2,1H3/t17-/m0/s1. The summed E-state index contributed by atoms with van der Waals surface area (Å²) in [5, 5.41) is 14.0. The molecule has 0 radical (unpaired) electrons. The molecular weight excluding hydrogens is 368 g/mol. The summed E-state index contributed by atoms with van der Waals surface area (Å²) in [6, 6.07) is 10.2. The third-order valence-electron chi connectivity index (χ3n) is 4.15. The molecule has 0 saturated carbocycles. The molecule has 1 N–H and O–H groups in total. The molecule has 0 bridgehead atoms. The molecule has 0 aliphatic carbocycles. The molecule has 0 spiro atoms. The summed E-state index contributed by atoms with van der Waals surface area (Å²) in [5.74, 6) is -1.72. The number of hydrogen-bond donors (Lipinski definition) is 1. The maximum Gasteiger partial charge on any atom is 0.438 e. The van der Waals surface area contributed by atoms with Crippen molar-refractivity contribution in [1.29, 1.82) is 0 Å². The first-order valence-corrected chi connectivity index (χ1v) is 7.77. The lowest BCUT2D eigenvalue weighted by Gasteiger charge is -2.32. The Bertz CT molecular complexity index is 896. The number of benzene rings is 2. The average molecular weight is 382 g/mol. The zero-order valence-electron chi connectivity index (χ0n) is 14.0. The zero-order valence-corrected chi connectivity index (χ0v) is 14.0. The van der Waals surface area contributed by atoms with Gasteiger partial charge in [0.1, 0.15) is 11.6 Å². The van der Waals surface area contributed by atoms with Crippen LogP contribution in [0.5, 0.6) is 5.75 Å². The van der Waals surface area contributed by atoms with Crippen LogP contribution in [0.4, 0.5) is 17.6 Å². The van der Waals surface area contributed by atoms with Crippen molar-refractivity contribution in [2.75, 3.05) is 7.11 Å². The van der Waals surface area contributed by atoms with Crippen molar-refractivity contribution in [3.05, 3.63) is 65.5 Å². The van der Waals surface area contributed by atoms with Crippen LogP contribution < -0.4 is 4.74 Å². The Morgan fingerprint density at radius 2 is 1.81 bits per heavy atom. The van der Waals surface area contributed by atoms with E-state index in [1.54, 1.807) is 6.07 Å². The number of aliphatic hydroxyl groups is 1. The van der Waals surface area contributed by atoms with Crippen molar-refractivity contribution in [3.8, 4) is 5.75 Å². The van der Waals surface area contributed by atoms with Crippen LogP contribution in [0.25, 0.3) is 0 Å². The molecule has 142 valence electrons. The predicted molar refractivity (Wildman–Crippen MR) is 87.7 cm³/mol. The van der Waals surface area contributed by atoms with Gasteiger partial charge in [-0.3, -0.25) is 4.79 Å². The summed E-state index contributed by atoms with van der Waals surface area (Å²) in [4.78, 5) is 12.7. The molecule has 1 heterocycles. The van der Waals surface area contributed by atoms with Gasteiger partial charge in [0.15, 0.2) is 0 Å². The van der Waals surface area contributed by atoms with Gasteiger partial charge in [0, 0.05) is 0 Å². The van der Waals surface area contributed by atoms with Crippen molar-refractivity contribution < 1.29 is 32.2 Å². The maximum atomic E-state index is 13.6. The molecule has 0 saturated heterocycles. The quantitative estimate of drug-likeness (QED) is 0.829. The van der Waals surface area contributed by atoms with E-state index in [1.807, 2.05) is 0 Å². The fraction of sp³-hybridized carbons (Fsp3) is 0.222. The van der Waals surface area contributed by atoms with E-state index in [9.17, 15) is 27.5 Å². The lowest BCUT2D eigenvalue weighted by Crippen LogP contribution is -2.56. The van der Waals surface area contributed by atoms with E-state index in [-0.39, 0.29) is 27.6 Å². The number of ether oxygens (including phenoxy) is 1. The largest absolute Gasteiger partial charge is 0.496 e. The van der Waals surface area contributed by atoms with Crippen LogP contribution in [0.2, 0.25) is 0 Å². The highest BCUT2D eigenvalue weighted by Gasteiger charge is 2.63. The van der Waals surface area contributed by atoms with E-state index < -0.39 is 30.0 Å². The number of amides is 1. The summed E-state index contributed by atoms with van der Waals surface area (Å²) in [7, 11) is 1.26. The van der Waals surface area contributed by atoms with Gasteiger partial charge >= 0.3 is 6.18 Å². The van der Waals surface area contributed by atoms with Crippen LogP contribution in [-0.2, 0) is 0 Å². The molecule has 5 nitrogen and oxygen atoms in total. The van der Waals surface area contributed by atoms with E-state index in [1.165, 1.54) is 37.4 Å². The normalized spacial score (nSPS) is 19.8. The molecule has 0 fully saturated rings. The van der Waals surface area contributed by atoms with Crippen molar-refractivity contribution in [3.63, 3.8) is 0 Å². The van der Waals surface area contributed by atoms with E-state index in [0.717, 1.165) is 12.1 Å². The molecule has 1 aliphatic heterocycles. The second-order valence-electron chi connectivity index (χ2n) is 5.86. The van der Waals surface area contributed by atoms with E-state index in [0.29, 0.717) is 0 Å². The van der Waals surface area contributed by atoms with Crippen molar-refractivity contribution in [1.82, 2.24) is 5.01 Å². The highest BCUT2D eigenvalue weighted by Crippen LogP contribution is 2.42. The van der Waals surface area contributed by atoms with Crippen molar-refractivity contribution in [2.24, 2.45) is 5.10 Å². The number of nitrogens with zero attached hydrogens (tertiary/aromatic N) is 2. The number of carbonyl (C=O) groups excluding carboxylic acids is 1. The van der Waals surface area contributed by atoms with Crippen molar-refractivity contribution >= 4 is 11.6 Å². The number of hydrazone groups is 1. The molecular formula is C18H14F4N2O3. The topological polar surface area (TPSA) is 62.1 Å². The second-order valence-corrected chi connectivity index (χ2v) is 5.86. The molecule has 0 unspecified atom stereocenters. The van der Waals surface area contributed by atoms with Crippen LogP contribution >= 0.6 is 0 Å². The smallest absolute Gasteiger partial charge is 0.438 e. The molecule has 1 amide bonds. The summed E-state index contributed by atoms with van der Waals surface area (Å²) >= 11 is 0. The first kappa shape index (κ1) is 18.8. The molecule has 9 heteroatoms. The minimum Gasteiger partial charge on any atom is -0.496 e.